The van der Waals surface area contributed by atoms with Crippen LogP contribution in [0, 0.1) is 0 Å². The van der Waals surface area contributed by atoms with Crippen molar-refractivity contribution in [1.82, 2.24) is 4.90 Å². The van der Waals surface area contributed by atoms with E-state index in [0.717, 1.165) is 5.56 Å². The number of hydrogen-bond acceptors (Lipinski definition) is 5. The summed E-state index contributed by atoms with van der Waals surface area (Å²) in [5.41, 5.74) is 2.25. The van der Waals surface area contributed by atoms with Gasteiger partial charge < -0.3 is 0 Å². The van der Waals surface area contributed by atoms with E-state index in [2.05, 4.69) is 32.9 Å². The van der Waals surface area contributed by atoms with Crippen LogP contribution in [0.5, 0.6) is 0 Å². The lowest BCUT2D eigenvalue weighted by Gasteiger charge is -2.21. The van der Waals surface area contributed by atoms with E-state index in [1.165, 1.54) is 22.2 Å². The van der Waals surface area contributed by atoms with Crippen LogP contribution < -0.4 is 0 Å². The van der Waals surface area contributed by atoms with Crippen molar-refractivity contribution in [3.63, 3.8) is 0 Å². The van der Waals surface area contributed by atoms with Crippen LogP contribution in [0.1, 0.15) is 38.3 Å². The van der Waals surface area contributed by atoms with Gasteiger partial charge in [-0.15, -0.1) is 0 Å². The summed E-state index contributed by atoms with van der Waals surface area (Å²) in [6.45, 7) is 6.47. The fourth-order valence-electron chi connectivity index (χ4n) is 3.00. The number of carbonyl (C=O) groups is 1. The van der Waals surface area contributed by atoms with E-state index in [9.17, 15) is 13.2 Å². The van der Waals surface area contributed by atoms with Crippen LogP contribution >= 0.6 is 24.0 Å². The summed E-state index contributed by atoms with van der Waals surface area (Å²) in [4.78, 5) is 14.7. The van der Waals surface area contributed by atoms with Crippen molar-refractivity contribution in [3.05, 3.63) is 40.3 Å². The Balaban J connectivity index is 1.81. The van der Waals surface area contributed by atoms with Gasteiger partial charge in [0.05, 0.1) is 22.5 Å². The lowest BCUT2D eigenvalue weighted by molar-refractivity contribution is -0.123. The highest BCUT2D eigenvalue weighted by molar-refractivity contribution is 8.26. The molecule has 2 heterocycles. The molecule has 1 aromatic rings. The molecule has 7 heteroatoms. The molecule has 1 atom stereocenters. The highest BCUT2D eigenvalue weighted by atomic mass is 32.2. The average molecular weight is 396 g/mol. The standard InChI is InChI=1S/C18H21NO3S3/c1-18(2,3)13-6-4-12(5-7-13)10-15-16(20)19(17(23)24-15)14-8-9-25(21,22)11-14/h4-7,10,14H,8-9,11H2,1-3H3/b15-10+/t14-/m0/s1. The van der Waals surface area contributed by atoms with Crippen molar-refractivity contribution < 1.29 is 13.2 Å². The zero-order valence-electron chi connectivity index (χ0n) is 14.5. The van der Waals surface area contributed by atoms with Gasteiger partial charge in [0.2, 0.25) is 0 Å². The van der Waals surface area contributed by atoms with E-state index in [4.69, 9.17) is 12.2 Å². The van der Waals surface area contributed by atoms with Crippen LogP contribution in [0.2, 0.25) is 0 Å². The highest BCUT2D eigenvalue weighted by Crippen LogP contribution is 2.36. The molecular weight excluding hydrogens is 374 g/mol. The molecule has 3 rings (SSSR count). The zero-order valence-corrected chi connectivity index (χ0v) is 16.9. The van der Waals surface area contributed by atoms with Gasteiger partial charge >= 0.3 is 0 Å². The first-order chi connectivity index (χ1) is 11.6. The van der Waals surface area contributed by atoms with E-state index >= 15 is 0 Å². The largest absolute Gasteiger partial charge is 0.289 e. The second kappa shape index (κ2) is 6.52. The second-order valence-corrected chi connectivity index (χ2v) is 11.4. The molecule has 1 amide bonds. The van der Waals surface area contributed by atoms with Gasteiger partial charge in [-0.3, -0.25) is 9.69 Å². The van der Waals surface area contributed by atoms with Crippen LogP contribution in [0.25, 0.3) is 6.08 Å². The Hall–Kier alpha value is -1.18. The van der Waals surface area contributed by atoms with E-state index < -0.39 is 9.84 Å². The smallest absolute Gasteiger partial charge is 0.266 e. The van der Waals surface area contributed by atoms with Crippen molar-refractivity contribution in [2.24, 2.45) is 0 Å². The molecule has 0 spiro atoms. The Kier molecular flexibility index (Phi) is 4.85. The average Bonchev–Trinajstić information content (AvgIpc) is 2.98. The summed E-state index contributed by atoms with van der Waals surface area (Å²) in [6, 6.07) is 7.79. The minimum atomic E-state index is -3.06. The number of carbonyl (C=O) groups excluding carboxylic acids is 1. The molecule has 0 radical (unpaired) electrons. The topological polar surface area (TPSA) is 54.5 Å². The molecule has 0 N–H and O–H groups in total. The molecule has 4 nitrogen and oxygen atoms in total. The van der Waals surface area contributed by atoms with Gasteiger partial charge in [-0.25, -0.2) is 8.42 Å². The van der Waals surface area contributed by atoms with Crippen molar-refractivity contribution in [3.8, 4) is 0 Å². The van der Waals surface area contributed by atoms with E-state index in [1.807, 2.05) is 18.2 Å². The summed E-state index contributed by atoms with van der Waals surface area (Å²) < 4.78 is 23.8. The van der Waals surface area contributed by atoms with Gasteiger partial charge in [0.15, 0.2) is 9.84 Å². The fraction of sp³-hybridized carbons (Fsp3) is 0.444. The summed E-state index contributed by atoms with van der Waals surface area (Å²) in [5.74, 6) is -0.0494. The van der Waals surface area contributed by atoms with Gasteiger partial charge in [0, 0.05) is 0 Å². The minimum absolute atomic E-state index is 0.00694. The Labute approximate surface area is 158 Å². The van der Waals surface area contributed by atoms with E-state index in [0.29, 0.717) is 15.6 Å². The van der Waals surface area contributed by atoms with Crippen LogP contribution in [-0.4, -0.2) is 41.1 Å². The molecule has 0 bridgehead atoms. The number of thioether (sulfide) groups is 1. The number of nitrogens with zero attached hydrogens (tertiary/aromatic N) is 1. The number of hydrogen-bond donors (Lipinski definition) is 0. The van der Waals surface area contributed by atoms with Crippen LogP contribution in [0.3, 0.4) is 0 Å². The molecule has 2 aliphatic heterocycles. The quantitative estimate of drug-likeness (QED) is 0.568. The third-order valence-corrected chi connectivity index (χ3v) is 7.55. The maximum Gasteiger partial charge on any atom is 0.266 e. The first-order valence-corrected chi connectivity index (χ1v) is 11.2. The van der Waals surface area contributed by atoms with E-state index in [-0.39, 0.29) is 28.9 Å². The lowest BCUT2D eigenvalue weighted by atomic mass is 9.87. The monoisotopic (exact) mass is 395 g/mol. The van der Waals surface area contributed by atoms with Crippen LogP contribution in [-0.2, 0) is 20.0 Å². The number of benzene rings is 1. The molecule has 2 aliphatic rings. The minimum Gasteiger partial charge on any atom is -0.289 e. The molecule has 0 aromatic heterocycles. The van der Waals surface area contributed by atoms with Crippen LogP contribution in [0.4, 0.5) is 0 Å². The Morgan fingerprint density at radius 3 is 2.40 bits per heavy atom. The number of sulfone groups is 1. The fourth-order valence-corrected chi connectivity index (χ4v) is 6.10. The molecule has 0 aliphatic carbocycles. The van der Waals surface area contributed by atoms with Gasteiger partial charge in [-0.05, 0) is 29.0 Å². The molecule has 0 saturated carbocycles. The maximum absolute atomic E-state index is 12.7. The molecule has 0 unspecified atom stereocenters. The number of amides is 1. The normalized spacial score (nSPS) is 25.2. The molecule has 1 aromatic carbocycles. The van der Waals surface area contributed by atoms with Crippen LogP contribution in [0.15, 0.2) is 29.2 Å². The third-order valence-electron chi connectivity index (χ3n) is 4.47. The number of thiocarbonyl (C=S) groups is 1. The zero-order chi connectivity index (χ0) is 18.4. The maximum atomic E-state index is 12.7. The Morgan fingerprint density at radius 2 is 1.88 bits per heavy atom. The van der Waals surface area contributed by atoms with Crippen molar-refractivity contribution >= 4 is 50.1 Å². The van der Waals surface area contributed by atoms with Crippen molar-refractivity contribution in [2.45, 2.75) is 38.6 Å². The van der Waals surface area contributed by atoms with Gasteiger partial charge in [0.25, 0.3) is 5.91 Å². The molecule has 134 valence electrons. The summed E-state index contributed by atoms with van der Waals surface area (Å²) >= 11 is 6.57. The first kappa shape index (κ1) is 18.6. The predicted octanol–water partition coefficient (Wildman–Crippen LogP) is 3.37. The number of rotatable bonds is 2. The van der Waals surface area contributed by atoms with Gasteiger partial charge in [0.1, 0.15) is 4.32 Å². The van der Waals surface area contributed by atoms with Gasteiger partial charge in [-0.1, -0.05) is 69.0 Å². The van der Waals surface area contributed by atoms with Crippen molar-refractivity contribution in [2.75, 3.05) is 11.5 Å². The van der Waals surface area contributed by atoms with Gasteiger partial charge in [-0.2, -0.15) is 0 Å². The summed E-state index contributed by atoms with van der Waals surface area (Å²) in [5, 5.41) is 0. The van der Waals surface area contributed by atoms with E-state index in [1.54, 1.807) is 0 Å². The first-order valence-electron chi connectivity index (χ1n) is 8.15. The summed E-state index contributed by atoms with van der Waals surface area (Å²) in [6.07, 6.45) is 2.29. The Morgan fingerprint density at radius 1 is 1.24 bits per heavy atom. The molecule has 25 heavy (non-hydrogen) atoms. The summed E-state index contributed by atoms with van der Waals surface area (Å²) in [7, 11) is -3.06. The molecule has 2 saturated heterocycles. The third kappa shape index (κ3) is 3.99. The highest BCUT2D eigenvalue weighted by Gasteiger charge is 2.42. The second-order valence-electron chi connectivity index (χ2n) is 7.48. The van der Waals surface area contributed by atoms with Crippen molar-refractivity contribution in [1.29, 1.82) is 0 Å². The molecular formula is C18H21NO3S3. The molecule has 2 fully saturated rings. The Bertz CT molecular complexity index is 849. The predicted molar refractivity (Wildman–Crippen MR) is 107 cm³/mol. The lowest BCUT2D eigenvalue weighted by Crippen LogP contribution is -2.39. The SMILES string of the molecule is CC(C)(C)c1ccc(/C=C2/SC(=S)N([C@H]3CCS(=O)(=O)C3)C2=O)cc1.